The number of amides is 2. The number of hydrogen-bond donors (Lipinski definition) is 2. The highest BCUT2D eigenvalue weighted by molar-refractivity contribution is 14.0. The Morgan fingerprint density at radius 3 is 2.26 bits per heavy atom. The van der Waals surface area contributed by atoms with E-state index in [0.29, 0.717) is 19.6 Å². The lowest BCUT2D eigenvalue weighted by Gasteiger charge is -2.36. The van der Waals surface area contributed by atoms with Gasteiger partial charge in [0.1, 0.15) is 6.54 Å². The Hall–Kier alpha value is -1.84. The van der Waals surface area contributed by atoms with E-state index in [-0.39, 0.29) is 42.3 Å². The molecule has 0 unspecified atom stereocenters. The van der Waals surface area contributed by atoms with Crippen LogP contribution in [0.25, 0.3) is 0 Å². The molecular formula is C19H30IN5O2. The second kappa shape index (κ2) is 12.5. The van der Waals surface area contributed by atoms with Crippen LogP contribution in [-0.2, 0) is 16.0 Å². The maximum absolute atomic E-state index is 12.0. The molecule has 0 aromatic heterocycles. The van der Waals surface area contributed by atoms with Crippen LogP contribution in [0.5, 0.6) is 0 Å². The number of aliphatic imine (C=N–C) groups is 1. The lowest BCUT2D eigenvalue weighted by Crippen LogP contribution is -2.53. The van der Waals surface area contributed by atoms with Gasteiger partial charge in [-0.1, -0.05) is 30.3 Å². The summed E-state index contributed by atoms with van der Waals surface area (Å²) in [7, 11) is 0. The van der Waals surface area contributed by atoms with Crippen molar-refractivity contribution < 1.29 is 9.59 Å². The summed E-state index contributed by atoms with van der Waals surface area (Å²) < 4.78 is 0. The Morgan fingerprint density at radius 2 is 1.67 bits per heavy atom. The summed E-state index contributed by atoms with van der Waals surface area (Å²) in [6.45, 7) is 7.85. The molecule has 1 fully saturated rings. The monoisotopic (exact) mass is 487 g/mol. The van der Waals surface area contributed by atoms with E-state index in [1.807, 2.05) is 42.2 Å². The van der Waals surface area contributed by atoms with Gasteiger partial charge in [-0.05, 0) is 18.9 Å². The van der Waals surface area contributed by atoms with Gasteiger partial charge in [-0.15, -0.1) is 24.0 Å². The molecule has 0 bridgehead atoms. The largest absolute Gasteiger partial charge is 0.357 e. The fourth-order valence-corrected chi connectivity index (χ4v) is 2.85. The van der Waals surface area contributed by atoms with Crippen LogP contribution in [0.1, 0.15) is 19.4 Å². The van der Waals surface area contributed by atoms with Crippen LogP contribution < -0.4 is 10.6 Å². The minimum Gasteiger partial charge on any atom is -0.357 e. The summed E-state index contributed by atoms with van der Waals surface area (Å²) in [6.07, 6.45) is 0.809. The highest BCUT2D eigenvalue weighted by Gasteiger charge is 2.20. The predicted molar refractivity (Wildman–Crippen MR) is 118 cm³/mol. The molecule has 7 nitrogen and oxygen atoms in total. The van der Waals surface area contributed by atoms with Crippen LogP contribution in [-0.4, -0.2) is 73.4 Å². The van der Waals surface area contributed by atoms with Crippen LogP contribution in [0.15, 0.2) is 35.3 Å². The lowest BCUT2D eigenvalue weighted by atomic mass is 10.1. The van der Waals surface area contributed by atoms with Crippen molar-refractivity contribution in [3.05, 3.63) is 35.9 Å². The molecule has 1 heterocycles. The molecule has 1 aliphatic rings. The number of rotatable bonds is 6. The number of benzene rings is 1. The normalized spacial score (nSPS) is 14.4. The van der Waals surface area contributed by atoms with Gasteiger partial charge in [-0.3, -0.25) is 9.59 Å². The average Bonchev–Trinajstić information content (AvgIpc) is 2.66. The van der Waals surface area contributed by atoms with Gasteiger partial charge in [-0.25, -0.2) is 4.99 Å². The fourth-order valence-electron chi connectivity index (χ4n) is 2.85. The molecule has 0 aliphatic carbocycles. The molecule has 2 amide bonds. The van der Waals surface area contributed by atoms with Crippen LogP contribution in [0.2, 0.25) is 0 Å². The summed E-state index contributed by atoms with van der Waals surface area (Å²) in [5, 5.41) is 6.13. The summed E-state index contributed by atoms with van der Waals surface area (Å²) in [6, 6.07) is 10.1. The molecule has 0 saturated carbocycles. The van der Waals surface area contributed by atoms with E-state index in [2.05, 4.69) is 20.5 Å². The zero-order chi connectivity index (χ0) is 18.8. The minimum atomic E-state index is -0.0845. The molecule has 150 valence electrons. The SMILES string of the molecule is CCNC(=NCC(=O)NCCc1ccccc1)N1CCN(C(C)=O)CC1.I. The second-order valence-electron chi connectivity index (χ2n) is 6.25. The molecule has 2 N–H and O–H groups in total. The fraction of sp³-hybridized carbons (Fsp3) is 0.526. The molecule has 0 spiro atoms. The van der Waals surface area contributed by atoms with Crippen LogP contribution in [0.4, 0.5) is 0 Å². The minimum absolute atomic E-state index is 0. The van der Waals surface area contributed by atoms with E-state index in [4.69, 9.17) is 0 Å². The van der Waals surface area contributed by atoms with E-state index in [1.165, 1.54) is 5.56 Å². The van der Waals surface area contributed by atoms with E-state index in [0.717, 1.165) is 32.0 Å². The zero-order valence-electron chi connectivity index (χ0n) is 16.1. The van der Waals surface area contributed by atoms with Gasteiger partial charge in [0.25, 0.3) is 0 Å². The van der Waals surface area contributed by atoms with Crippen LogP contribution >= 0.6 is 24.0 Å². The Labute approximate surface area is 178 Å². The highest BCUT2D eigenvalue weighted by atomic mass is 127. The highest BCUT2D eigenvalue weighted by Crippen LogP contribution is 2.03. The van der Waals surface area contributed by atoms with Crippen molar-refractivity contribution in [2.24, 2.45) is 4.99 Å². The molecule has 27 heavy (non-hydrogen) atoms. The summed E-state index contributed by atoms with van der Waals surface area (Å²) in [4.78, 5) is 31.9. The van der Waals surface area contributed by atoms with Crippen molar-refractivity contribution in [1.82, 2.24) is 20.4 Å². The Morgan fingerprint density at radius 1 is 1.04 bits per heavy atom. The standard InChI is InChI=1S/C19H29N5O2.HI/c1-3-20-19(24-13-11-23(12-14-24)16(2)25)22-15-18(26)21-10-9-17-7-5-4-6-8-17;/h4-8H,3,9-15H2,1-2H3,(H,20,22)(H,21,26);1H. The predicted octanol–water partition coefficient (Wildman–Crippen LogP) is 1.09. The van der Waals surface area contributed by atoms with Crippen LogP contribution in [0, 0.1) is 0 Å². The number of carbonyl (C=O) groups excluding carboxylic acids is 2. The van der Waals surface area contributed by atoms with Gasteiger partial charge in [0, 0.05) is 46.2 Å². The molecule has 0 atom stereocenters. The smallest absolute Gasteiger partial charge is 0.241 e. The number of halogens is 1. The molecular weight excluding hydrogens is 457 g/mol. The van der Waals surface area contributed by atoms with Gasteiger partial charge in [0.05, 0.1) is 0 Å². The van der Waals surface area contributed by atoms with Crippen molar-refractivity contribution in [3.63, 3.8) is 0 Å². The van der Waals surface area contributed by atoms with Crippen molar-refractivity contribution in [1.29, 1.82) is 0 Å². The summed E-state index contributed by atoms with van der Waals surface area (Å²) in [5.41, 5.74) is 1.20. The molecule has 1 aliphatic heterocycles. The number of piperazine rings is 1. The van der Waals surface area contributed by atoms with Crippen molar-refractivity contribution in [2.45, 2.75) is 20.3 Å². The summed E-state index contributed by atoms with van der Waals surface area (Å²) in [5.74, 6) is 0.747. The van der Waals surface area contributed by atoms with E-state index >= 15 is 0 Å². The van der Waals surface area contributed by atoms with Gasteiger partial charge in [0.2, 0.25) is 11.8 Å². The molecule has 1 aromatic rings. The first kappa shape index (κ1) is 23.2. The second-order valence-corrected chi connectivity index (χ2v) is 6.25. The maximum Gasteiger partial charge on any atom is 0.241 e. The van der Waals surface area contributed by atoms with Gasteiger partial charge < -0.3 is 20.4 Å². The molecule has 0 radical (unpaired) electrons. The average molecular weight is 487 g/mol. The van der Waals surface area contributed by atoms with Gasteiger partial charge >= 0.3 is 0 Å². The zero-order valence-corrected chi connectivity index (χ0v) is 18.4. The third-order valence-electron chi connectivity index (χ3n) is 4.31. The van der Waals surface area contributed by atoms with Gasteiger partial charge in [0.15, 0.2) is 5.96 Å². The van der Waals surface area contributed by atoms with E-state index in [1.54, 1.807) is 6.92 Å². The van der Waals surface area contributed by atoms with Gasteiger partial charge in [-0.2, -0.15) is 0 Å². The topological polar surface area (TPSA) is 77.0 Å². The lowest BCUT2D eigenvalue weighted by molar-refractivity contribution is -0.130. The maximum atomic E-state index is 12.0. The number of nitrogens with zero attached hydrogens (tertiary/aromatic N) is 3. The van der Waals surface area contributed by atoms with Crippen molar-refractivity contribution in [2.75, 3.05) is 45.8 Å². The van der Waals surface area contributed by atoms with Crippen LogP contribution in [0.3, 0.4) is 0 Å². The molecule has 8 heteroatoms. The first-order valence-corrected chi connectivity index (χ1v) is 9.19. The number of hydrogen-bond acceptors (Lipinski definition) is 3. The number of nitrogens with one attached hydrogen (secondary N) is 2. The Kier molecular flexibility index (Phi) is 10.8. The molecule has 1 aromatic carbocycles. The van der Waals surface area contributed by atoms with Crippen molar-refractivity contribution >= 4 is 41.8 Å². The van der Waals surface area contributed by atoms with E-state index in [9.17, 15) is 9.59 Å². The Balaban J connectivity index is 0.00000364. The first-order chi connectivity index (χ1) is 12.6. The third kappa shape index (κ3) is 8.15. The number of guanidine groups is 1. The number of carbonyl (C=O) groups is 2. The van der Waals surface area contributed by atoms with Crippen molar-refractivity contribution in [3.8, 4) is 0 Å². The quantitative estimate of drug-likeness (QED) is 0.358. The first-order valence-electron chi connectivity index (χ1n) is 9.19. The van der Waals surface area contributed by atoms with E-state index < -0.39 is 0 Å². The molecule has 2 rings (SSSR count). The molecule has 1 saturated heterocycles. The third-order valence-corrected chi connectivity index (χ3v) is 4.31. The summed E-state index contributed by atoms with van der Waals surface area (Å²) >= 11 is 0. The Bertz CT molecular complexity index is 616.